The minimum absolute atomic E-state index is 0.101. The maximum atomic E-state index is 10.9. The van der Waals surface area contributed by atoms with Crippen LogP contribution in [0.2, 0.25) is 0 Å². The SMILES string of the molecule is Cc1cc([N+](=O)[O-])ccc1N=c1scc(CN(C)CC(C)C)n1CC(C)C. The molecule has 0 spiro atoms. The molecular formula is C20H30N4O2S. The van der Waals surface area contributed by atoms with Crippen LogP contribution in [-0.4, -0.2) is 28.0 Å². The number of nitrogens with zero attached hydrogens (tertiary/aromatic N) is 4. The molecule has 0 saturated heterocycles. The van der Waals surface area contributed by atoms with E-state index in [-0.39, 0.29) is 10.6 Å². The van der Waals surface area contributed by atoms with Crippen LogP contribution in [-0.2, 0) is 13.1 Å². The van der Waals surface area contributed by atoms with Gasteiger partial charge in [0.25, 0.3) is 5.69 Å². The van der Waals surface area contributed by atoms with Gasteiger partial charge in [0.1, 0.15) is 0 Å². The molecule has 7 heteroatoms. The van der Waals surface area contributed by atoms with Gasteiger partial charge in [-0.15, -0.1) is 11.3 Å². The van der Waals surface area contributed by atoms with E-state index in [2.05, 4.69) is 49.6 Å². The predicted molar refractivity (Wildman–Crippen MR) is 111 cm³/mol. The molecule has 0 radical (unpaired) electrons. The number of aromatic nitrogens is 1. The van der Waals surface area contributed by atoms with Crippen LogP contribution in [0.25, 0.3) is 0 Å². The summed E-state index contributed by atoms with van der Waals surface area (Å²) in [5.74, 6) is 1.13. The molecule has 0 N–H and O–H groups in total. The van der Waals surface area contributed by atoms with Crippen LogP contribution in [0.4, 0.5) is 11.4 Å². The van der Waals surface area contributed by atoms with Crippen molar-refractivity contribution in [2.75, 3.05) is 13.6 Å². The fraction of sp³-hybridized carbons (Fsp3) is 0.550. The quantitative estimate of drug-likeness (QED) is 0.483. The highest BCUT2D eigenvalue weighted by Gasteiger charge is 2.12. The number of benzene rings is 1. The summed E-state index contributed by atoms with van der Waals surface area (Å²) in [7, 11) is 2.15. The first-order valence-corrected chi connectivity index (χ1v) is 10.2. The Morgan fingerprint density at radius 2 is 1.96 bits per heavy atom. The van der Waals surface area contributed by atoms with Gasteiger partial charge in [-0.05, 0) is 37.4 Å². The molecule has 1 heterocycles. The second kappa shape index (κ2) is 9.28. The van der Waals surface area contributed by atoms with Gasteiger partial charge in [-0.25, -0.2) is 4.99 Å². The number of hydrogen-bond acceptors (Lipinski definition) is 5. The van der Waals surface area contributed by atoms with Gasteiger partial charge in [0.2, 0.25) is 0 Å². The van der Waals surface area contributed by atoms with Crippen molar-refractivity contribution in [3.63, 3.8) is 0 Å². The molecule has 2 aromatic rings. The van der Waals surface area contributed by atoms with Gasteiger partial charge in [0.15, 0.2) is 4.80 Å². The molecule has 1 aromatic carbocycles. The van der Waals surface area contributed by atoms with Gasteiger partial charge in [0, 0.05) is 42.8 Å². The Hall–Kier alpha value is -1.99. The smallest absolute Gasteiger partial charge is 0.269 e. The molecule has 0 saturated carbocycles. The van der Waals surface area contributed by atoms with E-state index in [9.17, 15) is 10.1 Å². The summed E-state index contributed by atoms with van der Waals surface area (Å²) in [6.07, 6.45) is 0. The maximum absolute atomic E-state index is 10.9. The number of nitro benzene ring substituents is 1. The van der Waals surface area contributed by atoms with E-state index < -0.39 is 0 Å². The van der Waals surface area contributed by atoms with Crippen molar-refractivity contribution in [2.24, 2.45) is 16.8 Å². The highest BCUT2D eigenvalue weighted by atomic mass is 32.1. The van der Waals surface area contributed by atoms with Gasteiger partial charge < -0.3 is 9.47 Å². The fourth-order valence-electron chi connectivity index (χ4n) is 3.09. The van der Waals surface area contributed by atoms with Crippen LogP contribution in [0.15, 0.2) is 28.6 Å². The summed E-state index contributed by atoms with van der Waals surface area (Å²) < 4.78 is 2.28. The van der Waals surface area contributed by atoms with Crippen LogP contribution in [0.1, 0.15) is 39.0 Å². The van der Waals surface area contributed by atoms with Gasteiger partial charge in [-0.2, -0.15) is 0 Å². The normalized spacial score (nSPS) is 12.6. The van der Waals surface area contributed by atoms with Gasteiger partial charge in [0.05, 0.1) is 10.6 Å². The number of aryl methyl sites for hydroxylation is 1. The summed E-state index contributed by atoms with van der Waals surface area (Å²) in [6.45, 7) is 13.6. The first-order chi connectivity index (χ1) is 12.7. The van der Waals surface area contributed by atoms with E-state index in [0.717, 1.165) is 35.7 Å². The van der Waals surface area contributed by atoms with E-state index in [1.165, 1.54) is 11.8 Å². The molecule has 0 amide bonds. The largest absolute Gasteiger partial charge is 0.319 e. The molecule has 148 valence electrons. The van der Waals surface area contributed by atoms with Crippen molar-refractivity contribution < 1.29 is 4.92 Å². The van der Waals surface area contributed by atoms with E-state index in [0.29, 0.717) is 11.8 Å². The minimum atomic E-state index is -0.371. The van der Waals surface area contributed by atoms with Crippen molar-refractivity contribution >= 4 is 22.7 Å². The minimum Gasteiger partial charge on any atom is -0.319 e. The average molecular weight is 391 g/mol. The Balaban J connectivity index is 2.41. The molecular weight excluding hydrogens is 360 g/mol. The lowest BCUT2D eigenvalue weighted by Gasteiger charge is -2.20. The second-order valence-corrected chi connectivity index (χ2v) is 8.78. The van der Waals surface area contributed by atoms with E-state index in [1.807, 2.05) is 6.92 Å². The summed E-state index contributed by atoms with van der Waals surface area (Å²) in [6, 6.07) is 4.83. The Kier molecular flexibility index (Phi) is 7.33. The average Bonchev–Trinajstić information content (AvgIpc) is 2.89. The number of non-ortho nitro benzene ring substituents is 1. The standard InChI is InChI=1S/C20H30N4O2S/c1-14(2)10-22(6)12-18-13-27-20(23(18)11-15(3)4)21-19-8-7-17(24(25)26)9-16(19)5/h7-9,13-15H,10-12H2,1-6H3. The summed E-state index contributed by atoms with van der Waals surface area (Å²) in [5, 5.41) is 13.1. The molecule has 0 unspecified atom stereocenters. The van der Waals surface area contributed by atoms with Crippen molar-refractivity contribution in [1.82, 2.24) is 9.47 Å². The highest BCUT2D eigenvalue weighted by molar-refractivity contribution is 7.07. The second-order valence-electron chi connectivity index (χ2n) is 7.94. The van der Waals surface area contributed by atoms with Crippen molar-refractivity contribution in [3.8, 4) is 0 Å². The Labute approximate surface area is 165 Å². The number of hydrogen-bond donors (Lipinski definition) is 0. The Morgan fingerprint density at radius 3 is 2.52 bits per heavy atom. The van der Waals surface area contributed by atoms with Crippen LogP contribution in [0, 0.1) is 28.9 Å². The molecule has 27 heavy (non-hydrogen) atoms. The van der Waals surface area contributed by atoms with Crippen LogP contribution < -0.4 is 4.80 Å². The maximum Gasteiger partial charge on any atom is 0.269 e. The van der Waals surface area contributed by atoms with Crippen molar-refractivity contribution in [1.29, 1.82) is 0 Å². The summed E-state index contributed by atoms with van der Waals surface area (Å²) in [4.78, 5) is 18.7. The molecule has 6 nitrogen and oxygen atoms in total. The summed E-state index contributed by atoms with van der Waals surface area (Å²) in [5.41, 5.74) is 2.95. The topological polar surface area (TPSA) is 63.7 Å². The molecule has 0 fully saturated rings. The van der Waals surface area contributed by atoms with E-state index in [4.69, 9.17) is 4.99 Å². The van der Waals surface area contributed by atoms with Crippen LogP contribution in [0.5, 0.6) is 0 Å². The number of thiazole rings is 1. The Morgan fingerprint density at radius 1 is 1.26 bits per heavy atom. The van der Waals surface area contributed by atoms with Crippen LogP contribution in [0.3, 0.4) is 0 Å². The third-order valence-corrected chi connectivity index (χ3v) is 5.05. The van der Waals surface area contributed by atoms with Crippen LogP contribution >= 0.6 is 11.3 Å². The first-order valence-electron chi connectivity index (χ1n) is 9.33. The zero-order chi connectivity index (χ0) is 20.1. The molecule has 0 aliphatic rings. The molecule has 0 aliphatic carbocycles. The lowest BCUT2D eigenvalue weighted by atomic mass is 10.2. The van der Waals surface area contributed by atoms with E-state index in [1.54, 1.807) is 23.5 Å². The molecule has 2 rings (SSSR count). The molecule has 1 aromatic heterocycles. The Bertz CT molecular complexity index is 852. The lowest BCUT2D eigenvalue weighted by molar-refractivity contribution is -0.384. The zero-order valence-electron chi connectivity index (χ0n) is 17.1. The molecule has 0 aliphatic heterocycles. The number of rotatable bonds is 8. The predicted octanol–water partition coefficient (Wildman–Crippen LogP) is 4.74. The first kappa shape index (κ1) is 21.3. The fourth-order valence-corrected chi connectivity index (χ4v) is 4.00. The van der Waals surface area contributed by atoms with Gasteiger partial charge >= 0.3 is 0 Å². The van der Waals surface area contributed by atoms with Gasteiger partial charge in [-0.3, -0.25) is 10.1 Å². The van der Waals surface area contributed by atoms with Crippen molar-refractivity contribution in [3.05, 3.63) is 49.8 Å². The van der Waals surface area contributed by atoms with Crippen molar-refractivity contribution in [2.45, 2.75) is 47.7 Å². The monoisotopic (exact) mass is 390 g/mol. The molecule has 0 bridgehead atoms. The highest BCUT2D eigenvalue weighted by Crippen LogP contribution is 2.23. The molecule has 0 atom stereocenters. The van der Waals surface area contributed by atoms with E-state index >= 15 is 0 Å². The summed E-state index contributed by atoms with van der Waals surface area (Å²) >= 11 is 1.63. The van der Waals surface area contributed by atoms with Gasteiger partial charge in [-0.1, -0.05) is 27.7 Å². The third-order valence-electron chi connectivity index (χ3n) is 4.14. The zero-order valence-corrected chi connectivity index (χ0v) is 17.9. The number of nitro groups is 1. The third kappa shape index (κ3) is 6.01. The lowest BCUT2D eigenvalue weighted by Crippen LogP contribution is -2.27.